The van der Waals surface area contributed by atoms with Gasteiger partial charge in [-0.15, -0.1) is 0 Å². The van der Waals surface area contributed by atoms with E-state index in [2.05, 4.69) is 5.32 Å². The largest absolute Gasteiger partial charge is 0.480 e. The molecule has 0 heterocycles. The molecule has 19 heavy (non-hydrogen) atoms. The average Bonchev–Trinajstić information content (AvgIpc) is 2.34. The number of nitrogens with zero attached hydrogens (tertiary/aromatic N) is 1. The predicted octanol–water partition coefficient (Wildman–Crippen LogP) is -0.318. The maximum Gasteiger partial charge on any atom is 0.323 e. The van der Waals surface area contributed by atoms with Gasteiger partial charge in [-0.3, -0.25) is 9.59 Å². The minimum absolute atomic E-state index is 0.0464. The molecule has 0 saturated heterocycles. The summed E-state index contributed by atoms with van der Waals surface area (Å²) in [6.45, 7) is 2.05. The van der Waals surface area contributed by atoms with Crippen LogP contribution in [-0.4, -0.2) is 67.9 Å². The van der Waals surface area contributed by atoms with Crippen molar-refractivity contribution in [2.24, 2.45) is 0 Å². The van der Waals surface area contributed by atoms with Gasteiger partial charge in [-0.1, -0.05) is 0 Å². The third-order valence-corrected chi connectivity index (χ3v) is 2.09. The van der Waals surface area contributed by atoms with E-state index in [4.69, 9.17) is 14.6 Å². The van der Waals surface area contributed by atoms with Crippen LogP contribution in [0.2, 0.25) is 0 Å². The lowest BCUT2D eigenvalue weighted by Gasteiger charge is -2.20. The first-order chi connectivity index (χ1) is 9.01. The number of carboxylic acid groups (broad SMARTS) is 1. The molecular weight excluding hydrogens is 256 g/mol. The van der Waals surface area contributed by atoms with Crippen molar-refractivity contribution in [2.45, 2.75) is 13.3 Å². The van der Waals surface area contributed by atoms with Gasteiger partial charge in [0.05, 0.1) is 19.6 Å². The normalized spacial score (nSPS) is 9.79. The molecule has 8 nitrogen and oxygen atoms in total. The number of amides is 2. The Labute approximate surface area is 111 Å². The minimum Gasteiger partial charge on any atom is -0.480 e. The van der Waals surface area contributed by atoms with Gasteiger partial charge in [0.1, 0.15) is 6.54 Å². The van der Waals surface area contributed by atoms with Crippen LogP contribution in [0.3, 0.4) is 0 Å². The maximum atomic E-state index is 11.7. The highest BCUT2D eigenvalue weighted by atomic mass is 16.5. The molecule has 0 aliphatic carbocycles. The van der Waals surface area contributed by atoms with Crippen LogP contribution >= 0.6 is 0 Å². The Kier molecular flexibility index (Phi) is 9.15. The number of nitrogens with one attached hydrogen (secondary N) is 1. The Morgan fingerprint density at radius 2 is 2.00 bits per heavy atom. The Hall–Kier alpha value is -1.83. The summed E-state index contributed by atoms with van der Waals surface area (Å²) < 4.78 is 9.49. The summed E-state index contributed by atoms with van der Waals surface area (Å²) in [7, 11) is 1.46. The van der Waals surface area contributed by atoms with Crippen molar-refractivity contribution in [1.29, 1.82) is 0 Å². The number of carbonyl (C=O) groups excluding carboxylic acids is 2. The second-order valence-electron chi connectivity index (χ2n) is 3.60. The number of rotatable bonds is 9. The third kappa shape index (κ3) is 8.83. The van der Waals surface area contributed by atoms with Gasteiger partial charge in [0.25, 0.3) is 0 Å². The van der Waals surface area contributed by atoms with Crippen LogP contribution in [0.25, 0.3) is 0 Å². The van der Waals surface area contributed by atoms with Gasteiger partial charge < -0.3 is 24.8 Å². The minimum atomic E-state index is -1.11. The second kappa shape index (κ2) is 10.1. The van der Waals surface area contributed by atoms with E-state index < -0.39 is 24.5 Å². The number of ether oxygens (including phenoxy) is 2. The van der Waals surface area contributed by atoms with E-state index in [0.717, 1.165) is 4.90 Å². The summed E-state index contributed by atoms with van der Waals surface area (Å²) in [6.07, 6.45) is 0.0464. The molecule has 110 valence electrons. The van der Waals surface area contributed by atoms with Crippen LogP contribution in [0.5, 0.6) is 0 Å². The number of carbonyl (C=O) groups is 3. The smallest absolute Gasteiger partial charge is 0.323 e. The van der Waals surface area contributed by atoms with Gasteiger partial charge in [-0.05, 0) is 6.92 Å². The van der Waals surface area contributed by atoms with E-state index >= 15 is 0 Å². The molecule has 8 heteroatoms. The monoisotopic (exact) mass is 276 g/mol. The number of methoxy groups -OCH3 is 1. The van der Waals surface area contributed by atoms with Gasteiger partial charge in [-0.2, -0.15) is 0 Å². The first-order valence-corrected chi connectivity index (χ1v) is 5.90. The summed E-state index contributed by atoms with van der Waals surface area (Å²) in [5, 5.41) is 11.1. The van der Waals surface area contributed by atoms with Crippen LogP contribution in [0.15, 0.2) is 0 Å². The Bertz CT molecular complexity index is 308. The van der Waals surface area contributed by atoms with Gasteiger partial charge in [0.15, 0.2) is 0 Å². The summed E-state index contributed by atoms with van der Waals surface area (Å²) in [5.41, 5.74) is 0. The maximum absolute atomic E-state index is 11.7. The quantitative estimate of drug-likeness (QED) is 0.559. The van der Waals surface area contributed by atoms with E-state index in [1.807, 2.05) is 0 Å². The van der Waals surface area contributed by atoms with Gasteiger partial charge in [0.2, 0.25) is 0 Å². The highest BCUT2D eigenvalue weighted by Gasteiger charge is 2.16. The summed E-state index contributed by atoms with van der Waals surface area (Å²) in [5.74, 6) is -1.53. The van der Waals surface area contributed by atoms with Crippen molar-refractivity contribution in [3.63, 3.8) is 0 Å². The van der Waals surface area contributed by atoms with E-state index in [0.29, 0.717) is 0 Å². The molecular formula is C11H20N2O6. The molecule has 0 radical (unpaired) electrons. The van der Waals surface area contributed by atoms with E-state index in [1.165, 1.54) is 7.11 Å². The molecule has 0 aromatic heterocycles. The first kappa shape index (κ1) is 17.2. The summed E-state index contributed by atoms with van der Waals surface area (Å²) >= 11 is 0. The lowest BCUT2D eigenvalue weighted by Crippen LogP contribution is -2.44. The zero-order chi connectivity index (χ0) is 14.7. The Balaban J connectivity index is 4.08. The number of hydrogen-bond donors (Lipinski definition) is 2. The number of esters is 1. The van der Waals surface area contributed by atoms with Gasteiger partial charge in [0, 0.05) is 20.2 Å². The molecule has 0 rings (SSSR count). The average molecular weight is 276 g/mol. The van der Waals surface area contributed by atoms with Crippen molar-refractivity contribution in [3.8, 4) is 0 Å². The van der Waals surface area contributed by atoms with Crippen LogP contribution in [0, 0.1) is 0 Å². The third-order valence-electron chi connectivity index (χ3n) is 2.09. The van der Waals surface area contributed by atoms with E-state index in [1.54, 1.807) is 6.92 Å². The van der Waals surface area contributed by atoms with Gasteiger partial charge >= 0.3 is 18.0 Å². The highest BCUT2D eigenvalue weighted by Crippen LogP contribution is 1.92. The fourth-order valence-electron chi connectivity index (χ4n) is 1.23. The van der Waals surface area contributed by atoms with Gasteiger partial charge in [-0.25, -0.2) is 4.79 Å². The summed E-state index contributed by atoms with van der Waals surface area (Å²) in [6, 6.07) is -0.552. The van der Waals surface area contributed by atoms with Crippen molar-refractivity contribution in [2.75, 3.05) is 40.0 Å². The van der Waals surface area contributed by atoms with Crippen molar-refractivity contribution < 1.29 is 29.0 Å². The fourth-order valence-corrected chi connectivity index (χ4v) is 1.23. The number of urea groups is 1. The van der Waals surface area contributed by atoms with Crippen LogP contribution in [0.4, 0.5) is 4.79 Å². The first-order valence-electron chi connectivity index (χ1n) is 5.90. The second-order valence-corrected chi connectivity index (χ2v) is 3.60. The molecule has 0 unspecified atom stereocenters. The molecule has 0 fully saturated rings. The SMILES string of the molecule is CCOC(=O)CCNC(=O)N(CCOC)CC(=O)O. The molecule has 0 aromatic rings. The molecule has 0 bridgehead atoms. The van der Waals surface area contributed by atoms with Crippen LogP contribution < -0.4 is 5.32 Å². The van der Waals surface area contributed by atoms with Crippen molar-refractivity contribution >= 4 is 18.0 Å². The molecule has 0 aliphatic heterocycles. The zero-order valence-corrected chi connectivity index (χ0v) is 11.2. The van der Waals surface area contributed by atoms with Crippen molar-refractivity contribution in [3.05, 3.63) is 0 Å². The molecule has 0 spiro atoms. The molecule has 2 N–H and O–H groups in total. The van der Waals surface area contributed by atoms with Crippen LogP contribution in [-0.2, 0) is 19.1 Å². The number of hydrogen-bond acceptors (Lipinski definition) is 5. The van der Waals surface area contributed by atoms with E-state index in [-0.39, 0.29) is 32.7 Å². The Morgan fingerprint density at radius 1 is 1.32 bits per heavy atom. The number of aliphatic carboxylic acids is 1. The zero-order valence-electron chi connectivity index (χ0n) is 11.2. The molecule has 0 atom stereocenters. The summed E-state index contributed by atoms with van der Waals surface area (Å²) in [4.78, 5) is 34.4. The van der Waals surface area contributed by atoms with Crippen molar-refractivity contribution in [1.82, 2.24) is 10.2 Å². The lowest BCUT2D eigenvalue weighted by atomic mass is 10.4. The van der Waals surface area contributed by atoms with E-state index in [9.17, 15) is 14.4 Å². The topological polar surface area (TPSA) is 105 Å². The predicted molar refractivity (Wildman–Crippen MR) is 65.7 cm³/mol. The lowest BCUT2D eigenvalue weighted by molar-refractivity contribution is -0.143. The molecule has 0 aromatic carbocycles. The molecule has 2 amide bonds. The highest BCUT2D eigenvalue weighted by molar-refractivity contribution is 5.80. The number of carboxylic acids is 1. The molecule has 0 saturated carbocycles. The fraction of sp³-hybridized carbons (Fsp3) is 0.727. The Morgan fingerprint density at radius 3 is 2.53 bits per heavy atom. The molecule has 0 aliphatic rings. The van der Waals surface area contributed by atoms with Crippen LogP contribution in [0.1, 0.15) is 13.3 Å². The standard InChI is InChI=1S/C11H20N2O6/c1-3-19-10(16)4-5-12-11(17)13(6-7-18-2)8-9(14)15/h3-8H2,1-2H3,(H,12,17)(H,14,15).